The second-order valence-corrected chi connectivity index (χ2v) is 9.02. The van der Waals surface area contributed by atoms with E-state index < -0.39 is 24.0 Å². The first-order chi connectivity index (χ1) is 16.5. The smallest absolute Gasteiger partial charge is 0.266 e. The summed E-state index contributed by atoms with van der Waals surface area (Å²) in [5.74, 6) is -0.845. The number of halogens is 2. The van der Waals surface area contributed by atoms with Crippen LogP contribution < -0.4 is 14.7 Å². The summed E-state index contributed by atoms with van der Waals surface area (Å²) in [6.45, 7) is 2.62. The van der Waals surface area contributed by atoms with Crippen molar-refractivity contribution in [1.82, 2.24) is 0 Å². The van der Waals surface area contributed by atoms with Gasteiger partial charge < -0.3 is 4.74 Å². The SMILES string of the molecule is CCCOc1ccc(N2C(=O)[C@H]3[C@H](ON(c4ccccc4)[C@@H]3c3ccc(Cl)cc3Cl)C2=O)cc1. The molecule has 2 aliphatic heterocycles. The van der Waals surface area contributed by atoms with Gasteiger partial charge in [0, 0.05) is 10.0 Å². The summed E-state index contributed by atoms with van der Waals surface area (Å²) in [6.07, 6.45) is -0.0848. The maximum absolute atomic E-state index is 13.7. The van der Waals surface area contributed by atoms with E-state index in [2.05, 4.69) is 0 Å². The Morgan fingerprint density at radius 2 is 1.65 bits per heavy atom. The molecule has 34 heavy (non-hydrogen) atoms. The number of hydroxylamine groups is 1. The lowest BCUT2D eigenvalue weighted by molar-refractivity contribution is -0.126. The number of carbonyl (C=O) groups excluding carboxylic acids is 2. The minimum atomic E-state index is -0.972. The largest absolute Gasteiger partial charge is 0.494 e. The number of carbonyl (C=O) groups is 2. The van der Waals surface area contributed by atoms with Gasteiger partial charge in [-0.15, -0.1) is 0 Å². The van der Waals surface area contributed by atoms with E-state index in [4.69, 9.17) is 32.8 Å². The van der Waals surface area contributed by atoms with Crippen LogP contribution in [0.15, 0.2) is 72.8 Å². The van der Waals surface area contributed by atoms with Crippen molar-refractivity contribution < 1.29 is 19.2 Å². The lowest BCUT2D eigenvalue weighted by Gasteiger charge is -2.29. The number of amides is 2. The Bertz CT molecular complexity index is 1220. The Balaban J connectivity index is 1.52. The predicted molar refractivity (Wildman–Crippen MR) is 131 cm³/mol. The van der Waals surface area contributed by atoms with Crippen molar-refractivity contribution in [3.8, 4) is 5.75 Å². The number of hydrogen-bond donors (Lipinski definition) is 0. The molecule has 2 heterocycles. The van der Waals surface area contributed by atoms with Gasteiger partial charge >= 0.3 is 0 Å². The zero-order valence-corrected chi connectivity index (χ0v) is 19.9. The number of ether oxygens (including phenoxy) is 1. The molecule has 8 heteroatoms. The standard InChI is InChI=1S/C26H22Cl2N2O4/c1-2-14-33-19-11-9-17(10-12-19)29-25(31)22-23(20-13-8-16(27)15-21(20)28)30(34-24(22)26(29)32)18-6-4-3-5-7-18/h3-13,15,22-24H,2,14H2,1H3/t22-,23-,24+/m1/s1. The Morgan fingerprint density at radius 3 is 2.32 bits per heavy atom. The molecule has 5 rings (SSSR count). The fourth-order valence-electron chi connectivity index (χ4n) is 4.44. The van der Waals surface area contributed by atoms with E-state index in [9.17, 15) is 9.59 Å². The van der Waals surface area contributed by atoms with Crippen LogP contribution in [0.25, 0.3) is 0 Å². The molecule has 0 aromatic heterocycles. The van der Waals surface area contributed by atoms with Gasteiger partial charge in [-0.2, -0.15) is 0 Å². The van der Waals surface area contributed by atoms with Crippen LogP contribution in [0.1, 0.15) is 24.9 Å². The summed E-state index contributed by atoms with van der Waals surface area (Å²) in [5, 5.41) is 2.49. The first-order valence-electron chi connectivity index (χ1n) is 11.1. The van der Waals surface area contributed by atoms with Crippen LogP contribution in [0.5, 0.6) is 5.75 Å². The van der Waals surface area contributed by atoms with Gasteiger partial charge in [-0.05, 0) is 60.5 Å². The molecule has 3 atom stereocenters. The van der Waals surface area contributed by atoms with E-state index in [1.165, 1.54) is 4.90 Å². The van der Waals surface area contributed by atoms with Crippen molar-refractivity contribution in [3.05, 3.63) is 88.4 Å². The molecule has 0 aliphatic carbocycles. The Hall–Kier alpha value is -3.06. The third-order valence-electron chi connectivity index (χ3n) is 5.98. The van der Waals surface area contributed by atoms with Crippen LogP contribution >= 0.6 is 23.2 Å². The van der Waals surface area contributed by atoms with Crippen molar-refractivity contribution in [3.63, 3.8) is 0 Å². The van der Waals surface area contributed by atoms with Crippen LogP contribution in [0.4, 0.5) is 11.4 Å². The summed E-state index contributed by atoms with van der Waals surface area (Å²) in [5.41, 5.74) is 1.86. The Labute approximate surface area is 207 Å². The molecule has 3 aromatic carbocycles. The average molecular weight is 497 g/mol. The second kappa shape index (κ2) is 9.29. The molecule has 0 spiro atoms. The number of anilines is 2. The topological polar surface area (TPSA) is 59.1 Å². The van der Waals surface area contributed by atoms with Gasteiger partial charge in [0.1, 0.15) is 11.7 Å². The minimum absolute atomic E-state index is 0.341. The molecular weight excluding hydrogens is 475 g/mol. The van der Waals surface area contributed by atoms with Crippen molar-refractivity contribution in [2.45, 2.75) is 25.5 Å². The number of para-hydroxylation sites is 1. The summed E-state index contributed by atoms with van der Waals surface area (Å²) in [4.78, 5) is 34.4. The third kappa shape index (κ3) is 3.92. The molecule has 0 unspecified atom stereocenters. The maximum atomic E-state index is 13.7. The van der Waals surface area contributed by atoms with E-state index in [0.717, 1.165) is 12.1 Å². The highest BCUT2D eigenvalue weighted by Gasteiger charge is 2.60. The fourth-order valence-corrected chi connectivity index (χ4v) is 4.96. The predicted octanol–water partition coefficient (Wildman–Crippen LogP) is 5.83. The highest BCUT2D eigenvalue weighted by atomic mass is 35.5. The lowest BCUT2D eigenvalue weighted by Crippen LogP contribution is -2.37. The lowest BCUT2D eigenvalue weighted by atomic mass is 9.90. The van der Waals surface area contributed by atoms with E-state index in [1.807, 2.05) is 37.3 Å². The first-order valence-corrected chi connectivity index (χ1v) is 11.8. The zero-order valence-electron chi connectivity index (χ0n) is 18.4. The zero-order chi connectivity index (χ0) is 23.8. The van der Waals surface area contributed by atoms with Gasteiger partial charge in [-0.1, -0.05) is 54.4 Å². The van der Waals surface area contributed by atoms with Crippen LogP contribution in [-0.2, 0) is 14.4 Å². The molecule has 0 N–H and O–H groups in total. The molecule has 2 aliphatic rings. The van der Waals surface area contributed by atoms with E-state index in [0.29, 0.717) is 33.7 Å². The summed E-state index contributed by atoms with van der Waals surface area (Å²) < 4.78 is 5.62. The monoisotopic (exact) mass is 496 g/mol. The number of imide groups is 1. The number of benzene rings is 3. The molecule has 174 valence electrons. The van der Waals surface area contributed by atoms with E-state index in [1.54, 1.807) is 47.5 Å². The van der Waals surface area contributed by atoms with Crippen LogP contribution in [-0.4, -0.2) is 24.5 Å². The van der Waals surface area contributed by atoms with Crippen LogP contribution in [0.2, 0.25) is 10.0 Å². The second-order valence-electron chi connectivity index (χ2n) is 8.18. The normalized spacial score (nSPS) is 21.8. The van der Waals surface area contributed by atoms with Gasteiger partial charge in [0.05, 0.1) is 24.0 Å². The van der Waals surface area contributed by atoms with Gasteiger partial charge in [-0.3, -0.25) is 14.4 Å². The maximum Gasteiger partial charge on any atom is 0.266 e. The van der Waals surface area contributed by atoms with E-state index >= 15 is 0 Å². The average Bonchev–Trinajstić information content (AvgIpc) is 3.35. The molecule has 2 amide bonds. The molecular formula is C26H22Cl2N2O4. The molecule has 0 bridgehead atoms. The van der Waals surface area contributed by atoms with Crippen molar-refractivity contribution in [2.75, 3.05) is 16.6 Å². The Morgan fingerprint density at radius 1 is 0.912 bits per heavy atom. The van der Waals surface area contributed by atoms with Gasteiger partial charge in [-0.25, -0.2) is 9.96 Å². The van der Waals surface area contributed by atoms with Crippen molar-refractivity contribution in [2.24, 2.45) is 5.92 Å². The van der Waals surface area contributed by atoms with Gasteiger partial charge in [0.2, 0.25) is 5.91 Å². The number of rotatable bonds is 6. The number of fused-ring (bicyclic) bond motifs is 1. The molecule has 0 saturated carbocycles. The van der Waals surface area contributed by atoms with Crippen LogP contribution in [0.3, 0.4) is 0 Å². The molecule has 6 nitrogen and oxygen atoms in total. The molecule has 2 fully saturated rings. The summed E-state index contributed by atoms with van der Waals surface area (Å²) in [6, 6.07) is 20.8. The van der Waals surface area contributed by atoms with Gasteiger partial charge in [0.15, 0.2) is 6.10 Å². The quantitative estimate of drug-likeness (QED) is 0.401. The molecule has 2 saturated heterocycles. The van der Waals surface area contributed by atoms with E-state index in [-0.39, 0.29) is 5.91 Å². The Kier molecular flexibility index (Phi) is 6.21. The van der Waals surface area contributed by atoms with Crippen molar-refractivity contribution >= 4 is 46.4 Å². The van der Waals surface area contributed by atoms with Gasteiger partial charge in [0.25, 0.3) is 5.91 Å². The number of nitrogens with zero attached hydrogens (tertiary/aromatic N) is 2. The third-order valence-corrected chi connectivity index (χ3v) is 6.54. The highest BCUT2D eigenvalue weighted by Crippen LogP contribution is 2.49. The van der Waals surface area contributed by atoms with Crippen LogP contribution in [0, 0.1) is 5.92 Å². The summed E-state index contributed by atoms with van der Waals surface area (Å²) >= 11 is 12.7. The highest BCUT2D eigenvalue weighted by molar-refractivity contribution is 6.35. The first kappa shape index (κ1) is 22.7. The summed E-state index contributed by atoms with van der Waals surface area (Å²) in [7, 11) is 0. The minimum Gasteiger partial charge on any atom is -0.494 e. The fraction of sp³-hybridized carbons (Fsp3) is 0.231. The van der Waals surface area contributed by atoms with Crippen molar-refractivity contribution in [1.29, 1.82) is 0 Å². The number of hydrogen-bond acceptors (Lipinski definition) is 5. The molecule has 0 radical (unpaired) electrons. The molecule has 3 aromatic rings.